The van der Waals surface area contributed by atoms with Gasteiger partial charge in [-0.1, -0.05) is 71.7 Å². The molecule has 1 saturated heterocycles. The van der Waals surface area contributed by atoms with E-state index in [4.69, 9.17) is 27.9 Å². The van der Waals surface area contributed by atoms with E-state index in [0.29, 0.717) is 10.0 Å². The molecule has 0 N–H and O–H groups in total. The molecule has 0 spiro atoms. The van der Waals surface area contributed by atoms with E-state index in [0.717, 1.165) is 37.4 Å². The van der Waals surface area contributed by atoms with Gasteiger partial charge in [0.25, 0.3) is 0 Å². The quantitative estimate of drug-likeness (QED) is 0.516. The summed E-state index contributed by atoms with van der Waals surface area (Å²) in [5.74, 6) is 0. The molecule has 0 aromatic heterocycles. The second-order valence-electron chi connectivity index (χ2n) is 6.83. The number of hydrogen-bond acceptors (Lipinski definition) is 2. The molecule has 0 amide bonds. The van der Waals surface area contributed by atoms with Crippen molar-refractivity contribution in [3.8, 4) is 11.1 Å². The highest BCUT2D eigenvalue weighted by Crippen LogP contribution is 2.31. The molecule has 1 unspecified atom stereocenters. The summed E-state index contributed by atoms with van der Waals surface area (Å²) in [5.41, 5.74) is 4.56. The number of nitrogens with zero attached hydrogens (tertiary/aromatic N) is 1. The summed E-state index contributed by atoms with van der Waals surface area (Å²) < 4.78 is 5.98. The Balaban J connectivity index is 1.50. The van der Waals surface area contributed by atoms with Gasteiger partial charge in [0, 0.05) is 35.2 Å². The SMILES string of the molecule is Clc1ccc(Cl)c(-c2cccc(CN3CCOC(c4ccccc4)C3)c2)c1. The highest BCUT2D eigenvalue weighted by Gasteiger charge is 2.22. The van der Waals surface area contributed by atoms with Gasteiger partial charge in [-0.2, -0.15) is 0 Å². The maximum Gasteiger partial charge on any atom is 0.0952 e. The second-order valence-corrected chi connectivity index (χ2v) is 7.67. The first-order valence-electron chi connectivity index (χ1n) is 9.12. The van der Waals surface area contributed by atoms with Crippen LogP contribution < -0.4 is 0 Å². The smallest absolute Gasteiger partial charge is 0.0952 e. The first-order chi connectivity index (χ1) is 13.2. The van der Waals surface area contributed by atoms with E-state index in [1.807, 2.05) is 24.3 Å². The summed E-state index contributed by atoms with van der Waals surface area (Å²) in [6.07, 6.45) is 0.130. The molecule has 138 valence electrons. The van der Waals surface area contributed by atoms with E-state index in [1.165, 1.54) is 11.1 Å². The Morgan fingerprint density at radius 1 is 0.926 bits per heavy atom. The lowest BCUT2D eigenvalue weighted by molar-refractivity contribution is -0.0329. The zero-order chi connectivity index (χ0) is 18.6. The molecule has 1 fully saturated rings. The molecule has 3 aromatic rings. The fourth-order valence-corrected chi connectivity index (χ4v) is 3.93. The second kappa shape index (κ2) is 8.45. The van der Waals surface area contributed by atoms with Gasteiger partial charge in [-0.15, -0.1) is 0 Å². The van der Waals surface area contributed by atoms with Gasteiger partial charge in [0.05, 0.1) is 12.7 Å². The summed E-state index contributed by atoms with van der Waals surface area (Å²) in [6, 6.07) is 24.5. The lowest BCUT2D eigenvalue weighted by Gasteiger charge is -2.33. The number of halogens is 2. The van der Waals surface area contributed by atoms with Crippen molar-refractivity contribution >= 4 is 23.2 Å². The number of ether oxygens (including phenoxy) is 1. The largest absolute Gasteiger partial charge is 0.371 e. The van der Waals surface area contributed by atoms with Crippen LogP contribution in [0.4, 0.5) is 0 Å². The zero-order valence-corrected chi connectivity index (χ0v) is 16.5. The van der Waals surface area contributed by atoms with E-state index < -0.39 is 0 Å². The monoisotopic (exact) mass is 397 g/mol. The molecule has 1 aliphatic heterocycles. The molecule has 0 aliphatic carbocycles. The molecule has 0 bridgehead atoms. The van der Waals surface area contributed by atoms with Crippen molar-refractivity contribution in [1.29, 1.82) is 0 Å². The van der Waals surface area contributed by atoms with E-state index >= 15 is 0 Å². The number of rotatable bonds is 4. The van der Waals surface area contributed by atoms with E-state index in [-0.39, 0.29) is 6.10 Å². The maximum absolute atomic E-state index is 6.38. The number of morpholine rings is 1. The topological polar surface area (TPSA) is 12.5 Å². The zero-order valence-electron chi connectivity index (χ0n) is 14.9. The Morgan fingerprint density at radius 2 is 1.78 bits per heavy atom. The van der Waals surface area contributed by atoms with Gasteiger partial charge in [-0.05, 0) is 41.0 Å². The molecule has 0 saturated carbocycles. The van der Waals surface area contributed by atoms with Crippen molar-refractivity contribution in [1.82, 2.24) is 4.90 Å². The fourth-order valence-electron chi connectivity index (χ4n) is 3.53. The molecule has 4 rings (SSSR count). The molecule has 1 atom stereocenters. The van der Waals surface area contributed by atoms with Crippen molar-refractivity contribution < 1.29 is 4.74 Å². The van der Waals surface area contributed by atoms with Crippen LogP contribution in [0.5, 0.6) is 0 Å². The summed E-state index contributed by atoms with van der Waals surface area (Å²) in [4.78, 5) is 2.44. The van der Waals surface area contributed by atoms with Gasteiger partial charge in [0.15, 0.2) is 0 Å². The maximum atomic E-state index is 6.38. The van der Waals surface area contributed by atoms with Gasteiger partial charge < -0.3 is 4.74 Å². The number of benzene rings is 3. The Kier molecular flexibility index (Phi) is 5.80. The minimum Gasteiger partial charge on any atom is -0.371 e. The average molecular weight is 398 g/mol. The highest BCUT2D eigenvalue weighted by molar-refractivity contribution is 6.35. The van der Waals surface area contributed by atoms with Crippen LogP contribution in [0.1, 0.15) is 17.2 Å². The van der Waals surface area contributed by atoms with Crippen LogP contribution in [-0.2, 0) is 11.3 Å². The summed E-state index contributed by atoms with van der Waals surface area (Å²) in [5, 5.41) is 1.41. The predicted molar refractivity (Wildman–Crippen MR) is 112 cm³/mol. The van der Waals surface area contributed by atoms with Gasteiger partial charge in [0.1, 0.15) is 0 Å². The molecule has 27 heavy (non-hydrogen) atoms. The van der Waals surface area contributed by atoms with Crippen LogP contribution in [-0.4, -0.2) is 24.6 Å². The average Bonchev–Trinajstić information content (AvgIpc) is 2.71. The molecule has 3 aromatic carbocycles. The van der Waals surface area contributed by atoms with Gasteiger partial charge in [-0.25, -0.2) is 0 Å². The van der Waals surface area contributed by atoms with Crippen LogP contribution in [0, 0.1) is 0 Å². The molecule has 4 heteroatoms. The van der Waals surface area contributed by atoms with Crippen molar-refractivity contribution in [2.24, 2.45) is 0 Å². The Hall–Kier alpha value is -1.84. The van der Waals surface area contributed by atoms with E-state index in [9.17, 15) is 0 Å². The van der Waals surface area contributed by atoms with Crippen LogP contribution in [0.15, 0.2) is 72.8 Å². The van der Waals surface area contributed by atoms with Crippen LogP contribution in [0.3, 0.4) is 0 Å². The van der Waals surface area contributed by atoms with Gasteiger partial charge >= 0.3 is 0 Å². The Bertz CT molecular complexity index is 913. The third-order valence-corrected chi connectivity index (χ3v) is 5.46. The third kappa shape index (κ3) is 4.53. The summed E-state index contributed by atoms with van der Waals surface area (Å²) in [6.45, 7) is 3.47. The molecule has 1 aliphatic rings. The van der Waals surface area contributed by atoms with Crippen molar-refractivity contribution in [2.75, 3.05) is 19.7 Å². The van der Waals surface area contributed by atoms with Crippen LogP contribution >= 0.6 is 23.2 Å². The van der Waals surface area contributed by atoms with Gasteiger partial charge in [-0.3, -0.25) is 4.90 Å². The van der Waals surface area contributed by atoms with E-state index in [1.54, 1.807) is 0 Å². The molecular formula is C23H21Cl2NO. The normalized spacial score (nSPS) is 17.8. The minimum absolute atomic E-state index is 0.130. The Morgan fingerprint density at radius 3 is 2.63 bits per heavy atom. The molecule has 0 radical (unpaired) electrons. The molecular weight excluding hydrogens is 377 g/mol. The van der Waals surface area contributed by atoms with Crippen molar-refractivity contribution in [2.45, 2.75) is 12.6 Å². The summed E-state index contributed by atoms with van der Waals surface area (Å²) >= 11 is 12.5. The lowest BCUT2D eigenvalue weighted by atomic mass is 10.0. The standard InChI is InChI=1S/C23H21Cl2NO/c24-20-9-10-22(25)21(14-20)19-8-4-5-17(13-19)15-26-11-12-27-23(16-26)18-6-2-1-3-7-18/h1-10,13-14,23H,11-12,15-16H2. The third-order valence-electron chi connectivity index (χ3n) is 4.89. The highest BCUT2D eigenvalue weighted by atomic mass is 35.5. The first kappa shape index (κ1) is 18.5. The van der Waals surface area contributed by atoms with Crippen LogP contribution in [0.25, 0.3) is 11.1 Å². The molecule has 2 nitrogen and oxygen atoms in total. The first-order valence-corrected chi connectivity index (χ1v) is 9.88. The minimum atomic E-state index is 0.130. The molecule has 1 heterocycles. The fraction of sp³-hybridized carbons (Fsp3) is 0.217. The van der Waals surface area contributed by atoms with E-state index in [2.05, 4.69) is 53.4 Å². The van der Waals surface area contributed by atoms with Gasteiger partial charge in [0.2, 0.25) is 0 Å². The van der Waals surface area contributed by atoms with Crippen LogP contribution in [0.2, 0.25) is 10.0 Å². The predicted octanol–water partition coefficient (Wildman–Crippen LogP) is 6.23. The van der Waals surface area contributed by atoms with Crippen molar-refractivity contribution in [3.63, 3.8) is 0 Å². The van der Waals surface area contributed by atoms with Crippen molar-refractivity contribution in [3.05, 3.63) is 94.0 Å². The number of hydrogen-bond donors (Lipinski definition) is 0. The lowest BCUT2D eigenvalue weighted by Crippen LogP contribution is -2.37. The summed E-state index contributed by atoms with van der Waals surface area (Å²) in [7, 11) is 0. The Labute approximate surface area is 170 Å².